The Kier molecular flexibility index (Phi) is 8.70. The first kappa shape index (κ1) is 13.5. The number of rotatable bonds is 9. The Bertz CT molecular complexity index is 143. The Labute approximate surface area is 87.7 Å². The van der Waals surface area contributed by atoms with Crippen molar-refractivity contribution in [1.82, 2.24) is 0 Å². The van der Waals surface area contributed by atoms with Crippen LogP contribution in [0.15, 0.2) is 0 Å². The van der Waals surface area contributed by atoms with Crippen LogP contribution in [-0.4, -0.2) is 11.1 Å². The zero-order valence-corrected chi connectivity index (χ0v) is 9.30. The van der Waals surface area contributed by atoms with E-state index in [-0.39, 0.29) is 0 Å². The number of unbranched alkanes of at least 4 members (excludes halogenated alkanes) is 3. The molecule has 0 rings (SSSR count). The summed E-state index contributed by atoms with van der Waals surface area (Å²) in [7, 11) is 0. The highest BCUT2D eigenvalue weighted by molar-refractivity contribution is 5.66. The first-order valence-corrected chi connectivity index (χ1v) is 5.71. The maximum Gasteiger partial charge on any atom is 0.303 e. The van der Waals surface area contributed by atoms with Crippen LogP contribution in [0.3, 0.4) is 0 Å². The summed E-state index contributed by atoms with van der Waals surface area (Å²) in [6.07, 6.45) is 8.21. The molecular weight excluding hydrogens is 176 g/mol. The highest BCUT2D eigenvalue weighted by Gasteiger charge is 2.02. The quantitative estimate of drug-likeness (QED) is 0.575. The summed E-state index contributed by atoms with van der Waals surface area (Å²) in [4.78, 5) is 10.2. The van der Waals surface area contributed by atoms with Gasteiger partial charge in [0.15, 0.2) is 0 Å². The van der Waals surface area contributed by atoms with E-state index in [0.717, 1.165) is 19.3 Å². The fourth-order valence-corrected chi connectivity index (χ4v) is 1.54. The molecule has 0 bridgehead atoms. The Morgan fingerprint density at radius 1 is 1.21 bits per heavy atom. The van der Waals surface area contributed by atoms with Gasteiger partial charge in [0.25, 0.3) is 0 Å². The highest BCUT2D eigenvalue weighted by atomic mass is 16.4. The van der Waals surface area contributed by atoms with Crippen molar-refractivity contribution in [3.8, 4) is 0 Å². The Morgan fingerprint density at radius 3 is 2.29 bits per heavy atom. The number of hydrogen-bond donors (Lipinski definition) is 1. The molecule has 0 aromatic rings. The summed E-state index contributed by atoms with van der Waals surface area (Å²) >= 11 is 0. The molecule has 1 N–H and O–H groups in total. The van der Waals surface area contributed by atoms with Crippen molar-refractivity contribution in [2.24, 2.45) is 5.92 Å². The fourth-order valence-electron chi connectivity index (χ4n) is 1.54. The average Bonchev–Trinajstić information content (AvgIpc) is 2.13. The molecule has 0 saturated carbocycles. The third-order valence-corrected chi connectivity index (χ3v) is 2.47. The van der Waals surface area contributed by atoms with Crippen molar-refractivity contribution in [3.63, 3.8) is 0 Å². The molecule has 0 heterocycles. The van der Waals surface area contributed by atoms with Crippen LogP contribution in [0.5, 0.6) is 0 Å². The standard InChI is InChI=1S/C12H23O2/c1-3-4-5-8-11(2)9-6-7-10-12(13)14/h11H,2-10H2,1H3,(H,13,14). The zero-order chi connectivity index (χ0) is 10.8. The lowest BCUT2D eigenvalue weighted by Crippen LogP contribution is -1.98. The van der Waals surface area contributed by atoms with Crippen LogP contribution in [0.25, 0.3) is 0 Å². The van der Waals surface area contributed by atoms with Crippen LogP contribution in [0.2, 0.25) is 0 Å². The first-order chi connectivity index (χ1) is 6.66. The van der Waals surface area contributed by atoms with Crippen molar-refractivity contribution >= 4 is 5.97 Å². The first-order valence-electron chi connectivity index (χ1n) is 5.71. The lowest BCUT2D eigenvalue weighted by Gasteiger charge is -2.09. The van der Waals surface area contributed by atoms with Gasteiger partial charge in [-0.05, 0) is 12.3 Å². The summed E-state index contributed by atoms with van der Waals surface area (Å²) in [6.45, 7) is 6.28. The largest absolute Gasteiger partial charge is 0.481 e. The summed E-state index contributed by atoms with van der Waals surface area (Å²) < 4.78 is 0. The molecular formula is C12H23O2. The van der Waals surface area contributed by atoms with Crippen LogP contribution < -0.4 is 0 Å². The lowest BCUT2D eigenvalue weighted by molar-refractivity contribution is -0.137. The van der Waals surface area contributed by atoms with Gasteiger partial charge >= 0.3 is 5.97 Å². The van der Waals surface area contributed by atoms with Crippen molar-refractivity contribution in [2.45, 2.75) is 58.3 Å². The number of carboxylic acid groups (broad SMARTS) is 1. The molecule has 0 aromatic heterocycles. The monoisotopic (exact) mass is 199 g/mol. The van der Waals surface area contributed by atoms with E-state index in [4.69, 9.17) is 5.11 Å². The third-order valence-electron chi connectivity index (χ3n) is 2.47. The predicted octanol–water partition coefficient (Wildman–Crippen LogP) is 3.66. The minimum atomic E-state index is -0.684. The minimum Gasteiger partial charge on any atom is -0.481 e. The topological polar surface area (TPSA) is 37.3 Å². The summed E-state index contributed by atoms with van der Waals surface area (Å²) in [5.41, 5.74) is 0. The number of carbonyl (C=O) groups is 1. The van der Waals surface area contributed by atoms with Crippen LogP contribution in [0.4, 0.5) is 0 Å². The molecule has 1 radical (unpaired) electrons. The fraction of sp³-hybridized carbons (Fsp3) is 0.833. The maximum absolute atomic E-state index is 10.2. The lowest BCUT2D eigenvalue weighted by atomic mass is 9.97. The summed E-state index contributed by atoms with van der Waals surface area (Å²) in [6, 6.07) is 0. The molecule has 0 amide bonds. The Hall–Kier alpha value is -0.530. The SMILES string of the molecule is [CH2]C(CCCCC)CCCCC(=O)O. The van der Waals surface area contributed by atoms with E-state index < -0.39 is 5.97 Å². The molecule has 83 valence electrons. The van der Waals surface area contributed by atoms with Crippen LogP contribution in [-0.2, 0) is 4.79 Å². The van der Waals surface area contributed by atoms with E-state index in [1.54, 1.807) is 0 Å². The van der Waals surface area contributed by atoms with E-state index >= 15 is 0 Å². The highest BCUT2D eigenvalue weighted by Crippen LogP contribution is 2.15. The van der Waals surface area contributed by atoms with E-state index in [9.17, 15) is 4.79 Å². The molecule has 1 unspecified atom stereocenters. The van der Waals surface area contributed by atoms with Gasteiger partial charge in [0.2, 0.25) is 0 Å². The van der Waals surface area contributed by atoms with Crippen molar-refractivity contribution < 1.29 is 9.90 Å². The molecule has 14 heavy (non-hydrogen) atoms. The van der Waals surface area contributed by atoms with Gasteiger partial charge in [-0.15, -0.1) is 0 Å². The second-order valence-corrected chi connectivity index (χ2v) is 4.00. The molecule has 0 aromatic carbocycles. The molecule has 0 spiro atoms. The maximum atomic E-state index is 10.2. The van der Waals surface area contributed by atoms with Gasteiger partial charge < -0.3 is 5.11 Å². The van der Waals surface area contributed by atoms with Gasteiger partial charge in [-0.25, -0.2) is 0 Å². The average molecular weight is 199 g/mol. The van der Waals surface area contributed by atoms with Gasteiger partial charge in [0.05, 0.1) is 0 Å². The zero-order valence-electron chi connectivity index (χ0n) is 9.30. The molecule has 0 saturated heterocycles. The molecule has 0 aliphatic heterocycles. The van der Waals surface area contributed by atoms with Gasteiger partial charge in [0.1, 0.15) is 0 Å². The Morgan fingerprint density at radius 2 is 1.79 bits per heavy atom. The molecule has 1 atom stereocenters. The van der Waals surface area contributed by atoms with E-state index in [2.05, 4.69) is 13.8 Å². The third kappa shape index (κ3) is 9.56. The van der Waals surface area contributed by atoms with Gasteiger partial charge in [-0.3, -0.25) is 4.79 Å². The van der Waals surface area contributed by atoms with Crippen molar-refractivity contribution in [1.29, 1.82) is 0 Å². The Balaban J connectivity index is 3.18. The number of aliphatic carboxylic acids is 1. The van der Waals surface area contributed by atoms with Crippen molar-refractivity contribution in [3.05, 3.63) is 6.92 Å². The molecule has 2 nitrogen and oxygen atoms in total. The van der Waals surface area contributed by atoms with Crippen LogP contribution >= 0.6 is 0 Å². The normalized spacial score (nSPS) is 12.7. The predicted molar refractivity (Wildman–Crippen MR) is 59.1 cm³/mol. The molecule has 0 fully saturated rings. The second kappa shape index (κ2) is 9.04. The van der Waals surface area contributed by atoms with E-state index in [1.807, 2.05) is 0 Å². The summed E-state index contributed by atoms with van der Waals surface area (Å²) in [5, 5.41) is 8.44. The van der Waals surface area contributed by atoms with E-state index in [0.29, 0.717) is 12.3 Å². The van der Waals surface area contributed by atoms with Gasteiger partial charge in [-0.2, -0.15) is 0 Å². The molecule has 0 aliphatic rings. The minimum absolute atomic E-state index is 0.307. The number of hydrogen-bond acceptors (Lipinski definition) is 1. The molecule has 2 heteroatoms. The van der Waals surface area contributed by atoms with Crippen LogP contribution in [0.1, 0.15) is 58.3 Å². The smallest absolute Gasteiger partial charge is 0.303 e. The second-order valence-electron chi connectivity index (χ2n) is 4.00. The van der Waals surface area contributed by atoms with Gasteiger partial charge in [-0.1, -0.05) is 52.4 Å². The van der Waals surface area contributed by atoms with Crippen LogP contribution in [0, 0.1) is 12.8 Å². The summed E-state index contributed by atoms with van der Waals surface area (Å²) in [5.74, 6) is -0.160. The van der Waals surface area contributed by atoms with Gasteiger partial charge in [0, 0.05) is 6.42 Å². The van der Waals surface area contributed by atoms with E-state index in [1.165, 1.54) is 25.7 Å². The number of carboxylic acids is 1. The molecule has 0 aliphatic carbocycles. The van der Waals surface area contributed by atoms with Crippen molar-refractivity contribution in [2.75, 3.05) is 0 Å².